The molecule has 3 rings (SSSR count). The molecule has 2 aliphatic rings. The average molecular weight is 357 g/mol. The van der Waals surface area contributed by atoms with E-state index in [9.17, 15) is 14.0 Å². The summed E-state index contributed by atoms with van der Waals surface area (Å²) in [5.74, 6) is -1.76. The van der Waals surface area contributed by atoms with Crippen LogP contribution < -0.4 is 0 Å². The van der Waals surface area contributed by atoms with Gasteiger partial charge < -0.3 is 14.7 Å². The number of benzene rings is 1. The van der Waals surface area contributed by atoms with E-state index in [0.29, 0.717) is 32.8 Å². The van der Waals surface area contributed by atoms with Crippen molar-refractivity contribution in [3.05, 3.63) is 34.6 Å². The molecule has 2 atom stereocenters. The molecule has 0 unspecified atom stereocenters. The van der Waals surface area contributed by atoms with Crippen LogP contribution in [0.4, 0.5) is 4.39 Å². The van der Waals surface area contributed by atoms with E-state index in [-0.39, 0.29) is 35.0 Å². The first-order valence-electron chi connectivity index (χ1n) is 7.72. The first-order valence-corrected chi connectivity index (χ1v) is 8.09. The summed E-state index contributed by atoms with van der Waals surface area (Å²) >= 11 is 6.04. The van der Waals surface area contributed by atoms with Crippen LogP contribution in [0.3, 0.4) is 0 Å². The number of amides is 1. The maximum Gasteiger partial charge on any atom is 0.317 e. The van der Waals surface area contributed by atoms with Gasteiger partial charge >= 0.3 is 5.97 Å². The Bertz CT molecular complexity index is 657. The van der Waals surface area contributed by atoms with Gasteiger partial charge in [-0.2, -0.15) is 0 Å². The lowest BCUT2D eigenvalue weighted by Gasteiger charge is -2.30. The largest absolute Gasteiger partial charge is 0.480 e. The summed E-state index contributed by atoms with van der Waals surface area (Å²) in [6, 6.07) is 3.50. The second-order valence-electron chi connectivity index (χ2n) is 6.21. The summed E-state index contributed by atoms with van der Waals surface area (Å²) in [5, 5.41) is 9.28. The molecule has 0 spiro atoms. The second kappa shape index (κ2) is 7.04. The van der Waals surface area contributed by atoms with Crippen molar-refractivity contribution < 1.29 is 23.8 Å². The number of aliphatic carboxylic acids is 1. The fraction of sp³-hybridized carbons (Fsp3) is 0.500. The Labute approximate surface area is 143 Å². The number of nitrogens with zero attached hydrogens (tertiary/aromatic N) is 2. The zero-order valence-electron chi connectivity index (χ0n) is 13.0. The van der Waals surface area contributed by atoms with Crippen molar-refractivity contribution in [2.45, 2.75) is 6.04 Å². The zero-order valence-corrected chi connectivity index (χ0v) is 13.7. The highest BCUT2D eigenvalue weighted by Gasteiger charge is 2.36. The molecule has 2 heterocycles. The van der Waals surface area contributed by atoms with Gasteiger partial charge in [0, 0.05) is 25.6 Å². The number of carboxylic acids is 1. The van der Waals surface area contributed by atoms with E-state index in [0.717, 1.165) is 6.07 Å². The van der Waals surface area contributed by atoms with E-state index in [1.54, 1.807) is 4.90 Å². The molecule has 1 aromatic rings. The molecular formula is C16H18ClFN2O4. The highest BCUT2D eigenvalue weighted by Crippen LogP contribution is 2.24. The molecule has 2 fully saturated rings. The van der Waals surface area contributed by atoms with Crippen LogP contribution in [0.1, 0.15) is 10.4 Å². The first-order chi connectivity index (χ1) is 11.4. The number of carboxylic acid groups (broad SMARTS) is 1. The van der Waals surface area contributed by atoms with Crippen molar-refractivity contribution in [3.63, 3.8) is 0 Å². The van der Waals surface area contributed by atoms with Crippen LogP contribution in [-0.4, -0.2) is 72.2 Å². The quantitative estimate of drug-likeness (QED) is 0.885. The van der Waals surface area contributed by atoms with Crippen molar-refractivity contribution in [3.8, 4) is 0 Å². The Balaban J connectivity index is 1.83. The predicted molar refractivity (Wildman–Crippen MR) is 84.6 cm³/mol. The van der Waals surface area contributed by atoms with E-state index in [2.05, 4.69) is 0 Å². The highest BCUT2D eigenvalue weighted by molar-refractivity contribution is 6.33. The van der Waals surface area contributed by atoms with Gasteiger partial charge in [0.05, 0.1) is 36.4 Å². The van der Waals surface area contributed by atoms with E-state index < -0.39 is 11.8 Å². The van der Waals surface area contributed by atoms with Crippen LogP contribution in [-0.2, 0) is 9.53 Å². The lowest BCUT2D eigenvalue weighted by molar-refractivity contribution is -0.139. The average Bonchev–Trinajstić information content (AvgIpc) is 2.78. The van der Waals surface area contributed by atoms with E-state index >= 15 is 0 Å². The first kappa shape index (κ1) is 17.1. The summed E-state index contributed by atoms with van der Waals surface area (Å²) in [7, 11) is 0. The molecule has 8 heteroatoms. The van der Waals surface area contributed by atoms with Gasteiger partial charge in [0.1, 0.15) is 5.82 Å². The van der Waals surface area contributed by atoms with Crippen LogP contribution >= 0.6 is 11.6 Å². The molecule has 1 aromatic carbocycles. The Morgan fingerprint density at radius 2 is 2.08 bits per heavy atom. The Morgan fingerprint density at radius 1 is 1.29 bits per heavy atom. The molecule has 0 saturated carbocycles. The van der Waals surface area contributed by atoms with Crippen LogP contribution in [0, 0.1) is 11.7 Å². The normalized spacial score (nSPS) is 24.5. The number of halogens is 2. The Hall–Kier alpha value is -1.70. The number of ether oxygens (including phenoxy) is 1. The van der Waals surface area contributed by atoms with Crippen molar-refractivity contribution >= 4 is 23.5 Å². The molecule has 24 heavy (non-hydrogen) atoms. The smallest absolute Gasteiger partial charge is 0.317 e. The molecule has 1 amide bonds. The standard InChI is InChI=1S/C16H18ClFN2O4/c17-14-2-1-11(18)3-13(14)16(23)20-5-10-4-19(7-15(21)22)12(6-20)9-24-8-10/h1-3,10,12H,4-9H2,(H,21,22)/t10-,12+/m1/s1. The summed E-state index contributed by atoms with van der Waals surface area (Å²) in [5.41, 5.74) is 0.127. The highest BCUT2D eigenvalue weighted by atomic mass is 35.5. The minimum absolute atomic E-state index is 0.00753. The van der Waals surface area contributed by atoms with E-state index in [1.165, 1.54) is 12.1 Å². The molecule has 2 aliphatic heterocycles. The Morgan fingerprint density at radius 3 is 2.83 bits per heavy atom. The maximum absolute atomic E-state index is 13.5. The van der Waals surface area contributed by atoms with Crippen molar-refractivity contribution in [2.75, 3.05) is 39.4 Å². The monoisotopic (exact) mass is 356 g/mol. The minimum Gasteiger partial charge on any atom is -0.480 e. The van der Waals surface area contributed by atoms with Gasteiger partial charge in [-0.05, 0) is 18.2 Å². The van der Waals surface area contributed by atoms with Crippen LogP contribution in [0.5, 0.6) is 0 Å². The number of rotatable bonds is 3. The molecule has 130 valence electrons. The molecule has 6 nitrogen and oxygen atoms in total. The fourth-order valence-corrected chi connectivity index (χ4v) is 3.49. The number of carbonyl (C=O) groups excluding carboxylic acids is 1. The molecule has 1 N–H and O–H groups in total. The van der Waals surface area contributed by atoms with E-state index in [4.69, 9.17) is 21.4 Å². The van der Waals surface area contributed by atoms with Gasteiger partial charge in [0.2, 0.25) is 0 Å². The number of fused-ring (bicyclic) bond motifs is 3. The van der Waals surface area contributed by atoms with E-state index in [1.807, 2.05) is 4.90 Å². The molecule has 0 radical (unpaired) electrons. The van der Waals surface area contributed by atoms with Gasteiger partial charge in [-0.25, -0.2) is 4.39 Å². The van der Waals surface area contributed by atoms with Gasteiger partial charge in [-0.3, -0.25) is 14.5 Å². The fourth-order valence-electron chi connectivity index (χ4n) is 3.29. The summed E-state index contributed by atoms with van der Waals surface area (Å²) in [4.78, 5) is 27.3. The molecule has 0 aliphatic carbocycles. The third kappa shape index (κ3) is 3.68. The second-order valence-corrected chi connectivity index (χ2v) is 6.62. The molecule has 2 saturated heterocycles. The SMILES string of the molecule is O=C(O)CN1C[C@H]2COC[C@@H]1CN(C(=O)c1cc(F)ccc1Cl)C2. The summed E-state index contributed by atoms with van der Waals surface area (Å²) in [6.45, 7) is 2.05. The number of hydrogen-bond donors (Lipinski definition) is 1. The number of carbonyl (C=O) groups is 2. The molecule has 2 bridgehead atoms. The third-order valence-corrected chi connectivity index (χ3v) is 4.70. The van der Waals surface area contributed by atoms with Gasteiger partial charge in [0.15, 0.2) is 0 Å². The lowest BCUT2D eigenvalue weighted by atomic mass is 10.1. The van der Waals surface area contributed by atoms with Gasteiger partial charge in [-0.15, -0.1) is 0 Å². The van der Waals surface area contributed by atoms with Crippen molar-refractivity contribution in [2.24, 2.45) is 5.92 Å². The summed E-state index contributed by atoms with van der Waals surface area (Å²) in [6.07, 6.45) is 0. The van der Waals surface area contributed by atoms with Gasteiger partial charge in [-0.1, -0.05) is 11.6 Å². The maximum atomic E-state index is 13.5. The third-order valence-electron chi connectivity index (χ3n) is 4.37. The summed E-state index contributed by atoms with van der Waals surface area (Å²) < 4.78 is 19.1. The van der Waals surface area contributed by atoms with Crippen LogP contribution in [0.15, 0.2) is 18.2 Å². The molecule has 0 aromatic heterocycles. The van der Waals surface area contributed by atoms with Gasteiger partial charge in [0.25, 0.3) is 5.91 Å². The lowest BCUT2D eigenvalue weighted by Crippen LogP contribution is -2.47. The topological polar surface area (TPSA) is 70.1 Å². The Kier molecular flexibility index (Phi) is 5.03. The van der Waals surface area contributed by atoms with Crippen LogP contribution in [0.2, 0.25) is 5.02 Å². The predicted octanol–water partition coefficient (Wildman–Crippen LogP) is 1.34. The van der Waals surface area contributed by atoms with Crippen LogP contribution in [0.25, 0.3) is 0 Å². The molecular weight excluding hydrogens is 339 g/mol. The van der Waals surface area contributed by atoms with Crippen molar-refractivity contribution in [1.29, 1.82) is 0 Å². The van der Waals surface area contributed by atoms with Crippen molar-refractivity contribution in [1.82, 2.24) is 9.80 Å². The zero-order chi connectivity index (χ0) is 17.3. The number of hydrogen-bond acceptors (Lipinski definition) is 4. The minimum atomic E-state index is -0.909.